The summed E-state index contributed by atoms with van der Waals surface area (Å²) in [6, 6.07) is 7.02. The Labute approximate surface area is 151 Å². The summed E-state index contributed by atoms with van der Waals surface area (Å²) in [7, 11) is 0. The van der Waals surface area contributed by atoms with Gasteiger partial charge in [0.05, 0.1) is 13.2 Å². The van der Waals surface area contributed by atoms with Crippen molar-refractivity contribution in [3.63, 3.8) is 0 Å². The van der Waals surface area contributed by atoms with Gasteiger partial charge in [-0.15, -0.1) is 24.0 Å². The first-order valence-corrected chi connectivity index (χ1v) is 6.85. The Morgan fingerprint density at radius 1 is 1.13 bits per heavy atom. The van der Waals surface area contributed by atoms with E-state index in [4.69, 9.17) is 5.73 Å². The fourth-order valence-electron chi connectivity index (χ4n) is 1.63. The minimum absolute atomic E-state index is 0. The number of guanidine groups is 1. The molecule has 0 atom stereocenters. The second kappa shape index (κ2) is 9.31. The maximum atomic E-state index is 12.0. The molecule has 4 nitrogen and oxygen atoms in total. The van der Waals surface area contributed by atoms with Gasteiger partial charge in [0, 0.05) is 5.54 Å². The molecule has 0 amide bonds. The average molecular weight is 445 g/mol. The van der Waals surface area contributed by atoms with Crippen molar-refractivity contribution in [3.05, 3.63) is 35.4 Å². The van der Waals surface area contributed by atoms with Gasteiger partial charge in [0.25, 0.3) is 0 Å². The van der Waals surface area contributed by atoms with Crippen molar-refractivity contribution in [1.29, 1.82) is 0 Å². The van der Waals surface area contributed by atoms with E-state index in [9.17, 15) is 13.2 Å². The number of ether oxygens (including phenoxy) is 1. The summed E-state index contributed by atoms with van der Waals surface area (Å²) in [4.78, 5) is 4.21. The number of nitrogens with one attached hydrogen (secondary N) is 1. The van der Waals surface area contributed by atoms with Crippen molar-refractivity contribution in [2.45, 2.75) is 45.6 Å². The predicted octanol–water partition coefficient (Wildman–Crippen LogP) is 3.59. The van der Waals surface area contributed by atoms with Gasteiger partial charge in [0.2, 0.25) is 0 Å². The number of halogens is 4. The van der Waals surface area contributed by atoms with E-state index < -0.39 is 12.8 Å². The molecule has 0 aromatic heterocycles. The highest BCUT2D eigenvalue weighted by Crippen LogP contribution is 2.16. The monoisotopic (exact) mass is 445 g/mol. The fourth-order valence-corrected chi connectivity index (χ4v) is 1.63. The average Bonchev–Trinajstić information content (AvgIpc) is 2.34. The van der Waals surface area contributed by atoms with Crippen LogP contribution in [0.1, 0.15) is 31.9 Å². The van der Waals surface area contributed by atoms with Crippen LogP contribution in [-0.4, -0.2) is 24.3 Å². The van der Waals surface area contributed by atoms with E-state index in [1.807, 2.05) is 20.8 Å². The largest absolute Gasteiger partial charge is 0.411 e. The second-order valence-corrected chi connectivity index (χ2v) is 6.00. The number of alkyl halides is 3. The van der Waals surface area contributed by atoms with Crippen LogP contribution in [0.5, 0.6) is 0 Å². The van der Waals surface area contributed by atoms with Gasteiger partial charge in [0.15, 0.2) is 5.96 Å². The van der Waals surface area contributed by atoms with Crippen molar-refractivity contribution in [2.75, 3.05) is 6.61 Å². The SMILES string of the molecule is CC(C)(C)NC(N)=NCc1ccc(COCC(F)(F)F)cc1.I. The number of nitrogens with two attached hydrogens (primary N) is 1. The maximum Gasteiger partial charge on any atom is 0.411 e. The summed E-state index contributed by atoms with van der Waals surface area (Å²) in [6.07, 6.45) is -4.30. The topological polar surface area (TPSA) is 59.6 Å². The van der Waals surface area contributed by atoms with Crippen molar-refractivity contribution in [2.24, 2.45) is 10.7 Å². The van der Waals surface area contributed by atoms with E-state index in [1.165, 1.54) is 0 Å². The van der Waals surface area contributed by atoms with Crippen LogP contribution in [-0.2, 0) is 17.9 Å². The highest BCUT2D eigenvalue weighted by molar-refractivity contribution is 14.0. The van der Waals surface area contributed by atoms with Crippen molar-refractivity contribution >= 4 is 29.9 Å². The first-order chi connectivity index (χ1) is 10.1. The molecule has 0 aliphatic carbocycles. The van der Waals surface area contributed by atoms with Gasteiger partial charge in [-0.3, -0.25) is 0 Å². The molecule has 1 aromatic rings. The van der Waals surface area contributed by atoms with Crippen LogP contribution >= 0.6 is 24.0 Å². The lowest BCUT2D eigenvalue weighted by molar-refractivity contribution is -0.176. The van der Waals surface area contributed by atoms with E-state index in [-0.39, 0.29) is 36.1 Å². The molecule has 8 heteroatoms. The molecule has 3 N–H and O–H groups in total. The molecule has 0 aliphatic rings. The minimum Gasteiger partial charge on any atom is -0.370 e. The van der Waals surface area contributed by atoms with Crippen LogP contribution in [0, 0.1) is 0 Å². The van der Waals surface area contributed by atoms with Gasteiger partial charge in [-0.1, -0.05) is 24.3 Å². The van der Waals surface area contributed by atoms with E-state index in [0.717, 1.165) is 5.56 Å². The molecule has 0 unspecified atom stereocenters. The summed E-state index contributed by atoms with van der Waals surface area (Å²) in [6.45, 7) is 5.02. The van der Waals surface area contributed by atoms with Crippen molar-refractivity contribution in [1.82, 2.24) is 5.32 Å². The number of aliphatic imine (C=N–C) groups is 1. The molecule has 1 aromatic carbocycles. The van der Waals surface area contributed by atoms with Gasteiger partial charge in [0.1, 0.15) is 6.61 Å². The molecular weight excluding hydrogens is 422 g/mol. The standard InChI is InChI=1S/C15H22F3N3O.HI/c1-14(2,3)21-13(19)20-8-11-4-6-12(7-5-11)9-22-10-15(16,17)18;/h4-7H,8-10H2,1-3H3,(H3,19,20,21);1H. The summed E-state index contributed by atoms with van der Waals surface area (Å²) in [5, 5.41) is 3.04. The zero-order chi connectivity index (χ0) is 16.8. The van der Waals surface area contributed by atoms with E-state index in [1.54, 1.807) is 24.3 Å². The number of benzene rings is 1. The summed E-state index contributed by atoms with van der Waals surface area (Å²) >= 11 is 0. The van der Waals surface area contributed by atoms with Crippen molar-refractivity contribution < 1.29 is 17.9 Å². The van der Waals surface area contributed by atoms with Gasteiger partial charge in [-0.2, -0.15) is 13.2 Å². The maximum absolute atomic E-state index is 12.0. The Balaban J connectivity index is 0.00000484. The second-order valence-electron chi connectivity index (χ2n) is 6.00. The third-order valence-corrected chi connectivity index (χ3v) is 2.49. The molecule has 0 bridgehead atoms. The molecule has 0 spiro atoms. The molecule has 1 rings (SSSR count). The van der Waals surface area contributed by atoms with Crippen LogP contribution in [0.3, 0.4) is 0 Å². The van der Waals surface area contributed by atoms with Crippen molar-refractivity contribution in [3.8, 4) is 0 Å². The highest BCUT2D eigenvalue weighted by Gasteiger charge is 2.27. The molecule has 0 heterocycles. The number of hydrogen-bond acceptors (Lipinski definition) is 2. The summed E-state index contributed by atoms with van der Waals surface area (Å²) in [5.41, 5.74) is 7.19. The molecule has 132 valence electrons. The van der Waals surface area contributed by atoms with Crippen LogP contribution < -0.4 is 11.1 Å². The predicted molar refractivity (Wildman–Crippen MR) is 95.8 cm³/mol. The number of rotatable bonds is 5. The van der Waals surface area contributed by atoms with Gasteiger partial charge < -0.3 is 15.8 Å². The lowest BCUT2D eigenvalue weighted by Gasteiger charge is -2.20. The lowest BCUT2D eigenvalue weighted by Crippen LogP contribution is -2.44. The first-order valence-electron chi connectivity index (χ1n) is 6.85. The Kier molecular flexibility index (Phi) is 8.89. The molecule has 0 fully saturated rings. The zero-order valence-corrected chi connectivity index (χ0v) is 15.7. The molecule has 23 heavy (non-hydrogen) atoms. The highest BCUT2D eigenvalue weighted by atomic mass is 127. The molecule has 0 aliphatic heterocycles. The smallest absolute Gasteiger partial charge is 0.370 e. The molecular formula is C15H23F3IN3O. The van der Waals surface area contributed by atoms with Crippen LogP contribution in [0.25, 0.3) is 0 Å². The van der Waals surface area contributed by atoms with Gasteiger partial charge >= 0.3 is 6.18 Å². The Hall–Kier alpha value is -1.03. The van der Waals surface area contributed by atoms with Crippen LogP contribution in [0.15, 0.2) is 29.3 Å². The first kappa shape index (κ1) is 22.0. The lowest BCUT2D eigenvalue weighted by atomic mass is 10.1. The normalized spacial score (nSPS) is 12.7. The van der Waals surface area contributed by atoms with Crippen LogP contribution in [0.4, 0.5) is 13.2 Å². The van der Waals surface area contributed by atoms with Gasteiger partial charge in [-0.25, -0.2) is 4.99 Å². The third-order valence-electron chi connectivity index (χ3n) is 2.49. The van der Waals surface area contributed by atoms with E-state index in [0.29, 0.717) is 18.1 Å². The quantitative estimate of drug-likeness (QED) is 0.414. The van der Waals surface area contributed by atoms with E-state index >= 15 is 0 Å². The number of hydrogen-bond donors (Lipinski definition) is 2. The number of nitrogens with zero attached hydrogens (tertiary/aromatic N) is 1. The van der Waals surface area contributed by atoms with Crippen LogP contribution in [0.2, 0.25) is 0 Å². The molecule has 0 radical (unpaired) electrons. The molecule has 0 saturated carbocycles. The summed E-state index contributed by atoms with van der Waals surface area (Å²) in [5.74, 6) is 0.352. The summed E-state index contributed by atoms with van der Waals surface area (Å²) < 4.78 is 40.5. The fraction of sp³-hybridized carbons (Fsp3) is 0.533. The Bertz CT molecular complexity index is 496. The zero-order valence-electron chi connectivity index (χ0n) is 13.4. The minimum atomic E-state index is -4.30. The third kappa shape index (κ3) is 11.2. The van der Waals surface area contributed by atoms with Gasteiger partial charge in [-0.05, 0) is 31.9 Å². The molecule has 0 saturated heterocycles. The Morgan fingerprint density at radius 2 is 1.65 bits per heavy atom. The van der Waals surface area contributed by atoms with E-state index in [2.05, 4.69) is 15.0 Å². The Morgan fingerprint density at radius 3 is 2.13 bits per heavy atom.